The van der Waals surface area contributed by atoms with Crippen LogP contribution in [0, 0.1) is 11.6 Å². The zero-order chi connectivity index (χ0) is 14.8. The van der Waals surface area contributed by atoms with E-state index in [4.69, 9.17) is 5.73 Å². The van der Waals surface area contributed by atoms with Crippen LogP contribution in [0.1, 0.15) is 76.3 Å². The van der Waals surface area contributed by atoms with E-state index >= 15 is 0 Å². The third-order valence-corrected chi connectivity index (χ3v) is 3.74. The van der Waals surface area contributed by atoms with Crippen LogP contribution in [0.15, 0.2) is 18.2 Å². The summed E-state index contributed by atoms with van der Waals surface area (Å²) in [6.45, 7) is 2.21. The van der Waals surface area contributed by atoms with Gasteiger partial charge in [0, 0.05) is 11.6 Å². The first-order chi connectivity index (χ1) is 9.66. The molecule has 0 aliphatic rings. The molecule has 1 rings (SSSR count). The Labute approximate surface area is 121 Å². The van der Waals surface area contributed by atoms with E-state index in [9.17, 15) is 8.78 Å². The number of benzene rings is 1. The van der Waals surface area contributed by atoms with Crippen molar-refractivity contribution in [3.8, 4) is 0 Å². The number of rotatable bonds is 10. The van der Waals surface area contributed by atoms with E-state index in [2.05, 4.69) is 6.92 Å². The van der Waals surface area contributed by atoms with Gasteiger partial charge in [-0.25, -0.2) is 8.78 Å². The van der Waals surface area contributed by atoms with Crippen LogP contribution in [0.5, 0.6) is 0 Å². The molecule has 0 aromatic heterocycles. The standard InChI is InChI=1S/C17H27F2N/c1-2-3-4-5-6-7-8-9-13-16(20)17-14(18)11-10-12-15(17)19/h10-12,16H,2-9,13,20H2,1H3. The van der Waals surface area contributed by atoms with Gasteiger partial charge >= 0.3 is 0 Å². The van der Waals surface area contributed by atoms with Crippen molar-refractivity contribution in [2.75, 3.05) is 0 Å². The molecule has 0 bridgehead atoms. The van der Waals surface area contributed by atoms with E-state index in [1.165, 1.54) is 56.7 Å². The molecule has 0 aliphatic heterocycles. The molecule has 1 aromatic rings. The molecule has 0 saturated carbocycles. The zero-order valence-corrected chi connectivity index (χ0v) is 12.5. The molecule has 0 radical (unpaired) electrons. The van der Waals surface area contributed by atoms with Crippen LogP contribution >= 0.6 is 0 Å². The zero-order valence-electron chi connectivity index (χ0n) is 12.5. The maximum absolute atomic E-state index is 13.5. The van der Waals surface area contributed by atoms with Gasteiger partial charge in [0.1, 0.15) is 11.6 Å². The minimum Gasteiger partial charge on any atom is -0.324 e. The van der Waals surface area contributed by atoms with E-state index in [0.29, 0.717) is 6.42 Å². The molecule has 2 N–H and O–H groups in total. The SMILES string of the molecule is CCCCCCCCCCC(N)c1c(F)cccc1F. The Balaban J connectivity index is 2.19. The molecule has 1 aromatic carbocycles. The second kappa shape index (κ2) is 9.87. The van der Waals surface area contributed by atoms with E-state index in [1.807, 2.05) is 0 Å². The molecular formula is C17H27F2N. The molecule has 0 spiro atoms. The van der Waals surface area contributed by atoms with Gasteiger partial charge in [0.05, 0.1) is 0 Å². The van der Waals surface area contributed by atoms with Crippen LogP contribution in [-0.4, -0.2) is 0 Å². The first kappa shape index (κ1) is 17.1. The first-order valence-electron chi connectivity index (χ1n) is 7.86. The molecule has 114 valence electrons. The van der Waals surface area contributed by atoms with Gasteiger partial charge in [-0.2, -0.15) is 0 Å². The molecule has 1 atom stereocenters. The summed E-state index contributed by atoms with van der Waals surface area (Å²) in [6, 6.07) is 3.38. The molecule has 3 heteroatoms. The van der Waals surface area contributed by atoms with Gasteiger partial charge in [-0.15, -0.1) is 0 Å². The van der Waals surface area contributed by atoms with Crippen molar-refractivity contribution >= 4 is 0 Å². The molecule has 0 saturated heterocycles. The Kier molecular flexibility index (Phi) is 8.43. The maximum Gasteiger partial charge on any atom is 0.130 e. The predicted octanol–water partition coefficient (Wildman–Crippen LogP) is 5.50. The van der Waals surface area contributed by atoms with Gasteiger partial charge in [0.15, 0.2) is 0 Å². The summed E-state index contributed by atoms with van der Waals surface area (Å²) in [5.74, 6) is -1.06. The van der Waals surface area contributed by atoms with Gasteiger partial charge in [-0.1, -0.05) is 64.4 Å². The molecule has 0 aliphatic carbocycles. The lowest BCUT2D eigenvalue weighted by Crippen LogP contribution is -2.14. The molecule has 20 heavy (non-hydrogen) atoms. The highest BCUT2D eigenvalue weighted by Crippen LogP contribution is 2.23. The summed E-state index contributed by atoms with van der Waals surface area (Å²) in [5, 5.41) is 0. The van der Waals surface area contributed by atoms with Crippen LogP contribution < -0.4 is 5.73 Å². The largest absolute Gasteiger partial charge is 0.324 e. The second-order valence-electron chi connectivity index (χ2n) is 5.51. The fourth-order valence-electron chi connectivity index (χ4n) is 2.51. The molecule has 0 amide bonds. The Bertz CT molecular complexity index is 359. The van der Waals surface area contributed by atoms with Crippen molar-refractivity contribution in [2.45, 2.75) is 70.8 Å². The second-order valence-corrected chi connectivity index (χ2v) is 5.51. The minimum absolute atomic E-state index is 0.0374. The molecule has 0 fully saturated rings. The molecule has 1 nitrogen and oxygen atoms in total. The van der Waals surface area contributed by atoms with Crippen LogP contribution in [-0.2, 0) is 0 Å². The predicted molar refractivity (Wildman–Crippen MR) is 80.5 cm³/mol. The minimum atomic E-state index is -0.531. The summed E-state index contributed by atoms with van der Waals surface area (Å²) in [5.41, 5.74) is 5.93. The number of unbranched alkanes of at least 4 members (excludes halogenated alkanes) is 7. The summed E-state index contributed by atoms with van der Waals surface area (Å²) >= 11 is 0. The normalized spacial score (nSPS) is 12.6. The highest BCUT2D eigenvalue weighted by molar-refractivity contribution is 5.22. The lowest BCUT2D eigenvalue weighted by atomic mass is 9.99. The van der Waals surface area contributed by atoms with Crippen molar-refractivity contribution < 1.29 is 8.78 Å². The van der Waals surface area contributed by atoms with Crippen molar-refractivity contribution in [1.29, 1.82) is 0 Å². The maximum atomic E-state index is 13.5. The van der Waals surface area contributed by atoms with Gasteiger partial charge < -0.3 is 5.73 Å². The highest BCUT2D eigenvalue weighted by Gasteiger charge is 2.15. The third-order valence-electron chi connectivity index (χ3n) is 3.74. The van der Waals surface area contributed by atoms with Crippen LogP contribution in [0.4, 0.5) is 8.78 Å². The Morgan fingerprint density at radius 2 is 1.40 bits per heavy atom. The molecule has 1 unspecified atom stereocenters. The number of halogens is 2. The Morgan fingerprint density at radius 1 is 0.900 bits per heavy atom. The number of hydrogen-bond donors (Lipinski definition) is 1. The van der Waals surface area contributed by atoms with E-state index in [1.54, 1.807) is 0 Å². The van der Waals surface area contributed by atoms with Gasteiger partial charge in [0.25, 0.3) is 0 Å². The van der Waals surface area contributed by atoms with E-state index < -0.39 is 17.7 Å². The molecule has 0 heterocycles. The third kappa shape index (κ3) is 6.00. The van der Waals surface area contributed by atoms with E-state index in [-0.39, 0.29) is 5.56 Å². The lowest BCUT2D eigenvalue weighted by molar-refractivity contribution is 0.489. The topological polar surface area (TPSA) is 26.0 Å². The summed E-state index contributed by atoms with van der Waals surface area (Å²) in [6.07, 6.45) is 10.3. The van der Waals surface area contributed by atoms with Crippen molar-refractivity contribution in [1.82, 2.24) is 0 Å². The Hall–Kier alpha value is -0.960. The van der Waals surface area contributed by atoms with Gasteiger partial charge in [0.2, 0.25) is 0 Å². The molecular weight excluding hydrogens is 256 g/mol. The number of hydrogen-bond acceptors (Lipinski definition) is 1. The van der Waals surface area contributed by atoms with Gasteiger partial charge in [-0.3, -0.25) is 0 Å². The first-order valence-corrected chi connectivity index (χ1v) is 7.86. The van der Waals surface area contributed by atoms with E-state index in [0.717, 1.165) is 12.8 Å². The fourth-order valence-corrected chi connectivity index (χ4v) is 2.51. The highest BCUT2D eigenvalue weighted by atomic mass is 19.1. The quantitative estimate of drug-likeness (QED) is 0.564. The van der Waals surface area contributed by atoms with Gasteiger partial charge in [-0.05, 0) is 18.6 Å². The van der Waals surface area contributed by atoms with Crippen molar-refractivity contribution in [3.05, 3.63) is 35.4 Å². The Morgan fingerprint density at radius 3 is 1.95 bits per heavy atom. The summed E-state index contributed by atoms with van der Waals surface area (Å²) in [4.78, 5) is 0. The van der Waals surface area contributed by atoms with Crippen LogP contribution in [0.2, 0.25) is 0 Å². The monoisotopic (exact) mass is 283 g/mol. The smallest absolute Gasteiger partial charge is 0.130 e. The van der Waals surface area contributed by atoms with Crippen molar-refractivity contribution in [2.24, 2.45) is 5.73 Å². The van der Waals surface area contributed by atoms with Crippen molar-refractivity contribution in [3.63, 3.8) is 0 Å². The summed E-state index contributed by atoms with van der Waals surface area (Å²) in [7, 11) is 0. The average Bonchev–Trinajstić information content (AvgIpc) is 2.41. The van der Waals surface area contributed by atoms with Crippen LogP contribution in [0.25, 0.3) is 0 Å². The average molecular weight is 283 g/mol. The number of nitrogens with two attached hydrogens (primary N) is 1. The summed E-state index contributed by atoms with van der Waals surface area (Å²) < 4.78 is 27.1. The lowest BCUT2D eigenvalue weighted by Gasteiger charge is -2.13. The fraction of sp³-hybridized carbons (Fsp3) is 0.647. The van der Waals surface area contributed by atoms with Crippen LogP contribution in [0.3, 0.4) is 0 Å².